The lowest BCUT2D eigenvalue weighted by Crippen LogP contribution is -2.32. The van der Waals surface area contributed by atoms with Gasteiger partial charge in [-0.25, -0.2) is 0 Å². The Labute approximate surface area is 141 Å². The molecule has 1 aliphatic rings. The Bertz CT molecular complexity index is 723. The van der Waals surface area contributed by atoms with Crippen LogP contribution >= 0.6 is 11.6 Å². The SMILES string of the molecule is Cc1ccc(CC(=O)N2CCCC2c2c(C)nn(C)c2Cl)cn1. The van der Waals surface area contributed by atoms with Gasteiger partial charge < -0.3 is 4.90 Å². The zero-order valence-electron chi connectivity index (χ0n) is 13.7. The topological polar surface area (TPSA) is 51.0 Å². The molecule has 0 N–H and O–H groups in total. The highest BCUT2D eigenvalue weighted by molar-refractivity contribution is 6.30. The van der Waals surface area contributed by atoms with Gasteiger partial charge in [0.1, 0.15) is 5.15 Å². The summed E-state index contributed by atoms with van der Waals surface area (Å²) < 4.78 is 1.68. The first-order chi connectivity index (χ1) is 11.0. The standard InChI is InChI=1S/C17H21ClN4O/c1-11-6-7-13(10-19-11)9-15(23)22-8-4-5-14(22)16-12(2)20-21(3)17(16)18/h6-7,10,14H,4-5,8-9H2,1-3H3. The van der Waals surface area contributed by atoms with Gasteiger partial charge >= 0.3 is 0 Å². The number of halogens is 1. The number of rotatable bonds is 3. The van der Waals surface area contributed by atoms with Gasteiger partial charge in [-0.2, -0.15) is 5.10 Å². The minimum Gasteiger partial charge on any atom is -0.335 e. The summed E-state index contributed by atoms with van der Waals surface area (Å²) in [6, 6.07) is 3.93. The van der Waals surface area contributed by atoms with Crippen molar-refractivity contribution in [3.8, 4) is 0 Å². The van der Waals surface area contributed by atoms with E-state index in [4.69, 9.17) is 11.6 Å². The third-order valence-corrected chi connectivity index (χ3v) is 4.88. The number of carbonyl (C=O) groups is 1. The Morgan fingerprint density at radius 1 is 1.39 bits per heavy atom. The molecule has 5 nitrogen and oxygen atoms in total. The molecule has 0 spiro atoms. The maximum absolute atomic E-state index is 12.7. The van der Waals surface area contributed by atoms with Gasteiger partial charge in [-0.15, -0.1) is 0 Å². The zero-order valence-corrected chi connectivity index (χ0v) is 14.5. The summed E-state index contributed by atoms with van der Waals surface area (Å²) in [5, 5.41) is 5.01. The molecule has 2 aromatic rings. The van der Waals surface area contributed by atoms with Crippen molar-refractivity contribution in [3.63, 3.8) is 0 Å². The number of carbonyl (C=O) groups excluding carboxylic acids is 1. The van der Waals surface area contributed by atoms with Crippen LogP contribution in [0.4, 0.5) is 0 Å². The van der Waals surface area contributed by atoms with Crippen LogP contribution in [0.1, 0.15) is 41.4 Å². The summed E-state index contributed by atoms with van der Waals surface area (Å²) in [5.41, 5.74) is 3.79. The van der Waals surface area contributed by atoms with Crippen molar-refractivity contribution >= 4 is 17.5 Å². The van der Waals surface area contributed by atoms with Crippen LogP contribution in [0.25, 0.3) is 0 Å². The molecule has 3 heterocycles. The molecule has 0 saturated carbocycles. The van der Waals surface area contributed by atoms with Crippen molar-refractivity contribution in [2.45, 2.75) is 39.2 Å². The first kappa shape index (κ1) is 16.0. The average molecular weight is 333 g/mol. The predicted molar refractivity (Wildman–Crippen MR) is 89.3 cm³/mol. The Kier molecular flexibility index (Phi) is 4.39. The van der Waals surface area contributed by atoms with E-state index < -0.39 is 0 Å². The van der Waals surface area contributed by atoms with Crippen LogP contribution in [-0.4, -0.2) is 32.1 Å². The highest BCUT2D eigenvalue weighted by atomic mass is 35.5. The summed E-state index contributed by atoms with van der Waals surface area (Å²) in [5.74, 6) is 0.123. The molecule has 23 heavy (non-hydrogen) atoms. The van der Waals surface area contributed by atoms with Gasteiger partial charge in [0.2, 0.25) is 5.91 Å². The minimum absolute atomic E-state index is 0.0297. The molecule has 0 aliphatic carbocycles. The van der Waals surface area contributed by atoms with E-state index in [0.717, 1.165) is 41.9 Å². The second-order valence-corrected chi connectivity index (χ2v) is 6.50. The molecule has 1 saturated heterocycles. The number of hydrogen-bond donors (Lipinski definition) is 0. The van der Waals surface area contributed by atoms with Gasteiger partial charge in [-0.05, 0) is 38.3 Å². The monoisotopic (exact) mass is 332 g/mol. The van der Waals surface area contributed by atoms with Gasteiger partial charge in [-0.1, -0.05) is 17.7 Å². The highest BCUT2D eigenvalue weighted by Crippen LogP contribution is 2.37. The van der Waals surface area contributed by atoms with Crippen LogP contribution in [0.2, 0.25) is 5.15 Å². The largest absolute Gasteiger partial charge is 0.335 e. The summed E-state index contributed by atoms with van der Waals surface area (Å²) in [4.78, 5) is 18.9. The minimum atomic E-state index is 0.0297. The second-order valence-electron chi connectivity index (χ2n) is 6.14. The fourth-order valence-electron chi connectivity index (χ4n) is 3.27. The maximum Gasteiger partial charge on any atom is 0.227 e. The second kappa shape index (κ2) is 6.32. The number of likely N-dealkylation sites (tertiary alicyclic amines) is 1. The lowest BCUT2D eigenvalue weighted by atomic mass is 10.0. The van der Waals surface area contributed by atoms with Gasteiger partial charge in [0, 0.05) is 31.0 Å². The van der Waals surface area contributed by atoms with E-state index in [2.05, 4.69) is 10.1 Å². The molecule has 0 radical (unpaired) electrons. The molecular weight excluding hydrogens is 312 g/mol. The molecule has 1 amide bonds. The van der Waals surface area contributed by atoms with E-state index >= 15 is 0 Å². The lowest BCUT2D eigenvalue weighted by molar-refractivity contribution is -0.131. The first-order valence-corrected chi connectivity index (χ1v) is 8.25. The number of hydrogen-bond acceptors (Lipinski definition) is 3. The van der Waals surface area contributed by atoms with Gasteiger partial charge in [0.05, 0.1) is 18.2 Å². The number of pyridine rings is 1. The van der Waals surface area contributed by atoms with Crippen LogP contribution in [0, 0.1) is 13.8 Å². The molecule has 1 unspecified atom stereocenters. The van der Waals surface area contributed by atoms with E-state index in [-0.39, 0.29) is 11.9 Å². The molecule has 1 fully saturated rings. The van der Waals surface area contributed by atoms with E-state index in [1.165, 1.54) is 0 Å². The fraction of sp³-hybridized carbons (Fsp3) is 0.471. The Balaban J connectivity index is 1.81. The third kappa shape index (κ3) is 3.11. The Morgan fingerprint density at radius 2 is 2.17 bits per heavy atom. The van der Waals surface area contributed by atoms with E-state index in [1.54, 1.807) is 10.9 Å². The molecule has 1 atom stereocenters. The number of amides is 1. The highest BCUT2D eigenvalue weighted by Gasteiger charge is 2.33. The van der Waals surface area contributed by atoms with E-state index in [9.17, 15) is 4.79 Å². The van der Waals surface area contributed by atoms with Crippen LogP contribution in [0.3, 0.4) is 0 Å². The summed E-state index contributed by atoms with van der Waals surface area (Å²) in [7, 11) is 1.83. The number of nitrogens with zero attached hydrogens (tertiary/aromatic N) is 4. The molecule has 0 bridgehead atoms. The normalized spacial score (nSPS) is 17.7. The van der Waals surface area contributed by atoms with Crippen LogP contribution in [0.5, 0.6) is 0 Å². The van der Waals surface area contributed by atoms with Crippen LogP contribution in [0.15, 0.2) is 18.3 Å². The lowest BCUT2D eigenvalue weighted by Gasteiger charge is -2.25. The first-order valence-electron chi connectivity index (χ1n) is 7.87. The Morgan fingerprint density at radius 3 is 2.78 bits per heavy atom. The smallest absolute Gasteiger partial charge is 0.227 e. The average Bonchev–Trinajstić information content (AvgIpc) is 3.07. The van der Waals surface area contributed by atoms with Gasteiger partial charge in [-0.3, -0.25) is 14.5 Å². The van der Waals surface area contributed by atoms with Crippen LogP contribution < -0.4 is 0 Å². The van der Waals surface area contributed by atoms with Crippen molar-refractivity contribution < 1.29 is 4.79 Å². The van der Waals surface area contributed by atoms with E-state index in [1.807, 2.05) is 37.9 Å². The molecule has 2 aromatic heterocycles. The molecular formula is C17H21ClN4O. The van der Waals surface area contributed by atoms with Crippen LogP contribution in [-0.2, 0) is 18.3 Å². The van der Waals surface area contributed by atoms with Crippen molar-refractivity contribution in [1.82, 2.24) is 19.7 Å². The fourth-order valence-corrected chi connectivity index (χ4v) is 3.57. The van der Waals surface area contributed by atoms with Crippen molar-refractivity contribution in [1.29, 1.82) is 0 Å². The van der Waals surface area contributed by atoms with Crippen molar-refractivity contribution in [3.05, 3.63) is 46.0 Å². The van der Waals surface area contributed by atoms with Gasteiger partial charge in [0.15, 0.2) is 0 Å². The molecule has 122 valence electrons. The quantitative estimate of drug-likeness (QED) is 0.868. The van der Waals surface area contributed by atoms with Crippen molar-refractivity contribution in [2.24, 2.45) is 7.05 Å². The summed E-state index contributed by atoms with van der Waals surface area (Å²) in [6.07, 6.45) is 4.08. The predicted octanol–water partition coefficient (Wildman–Crippen LogP) is 2.99. The summed E-state index contributed by atoms with van der Waals surface area (Å²) in [6.45, 7) is 4.66. The number of aryl methyl sites for hydroxylation is 3. The third-order valence-electron chi connectivity index (χ3n) is 4.43. The maximum atomic E-state index is 12.7. The molecule has 0 aromatic carbocycles. The Hall–Kier alpha value is -1.88. The molecule has 1 aliphatic heterocycles. The van der Waals surface area contributed by atoms with Gasteiger partial charge in [0.25, 0.3) is 0 Å². The number of aromatic nitrogens is 3. The zero-order chi connectivity index (χ0) is 16.6. The molecule has 6 heteroatoms. The van der Waals surface area contributed by atoms with Crippen molar-refractivity contribution in [2.75, 3.05) is 6.54 Å². The van der Waals surface area contributed by atoms with E-state index in [0.29, 0.717) is 11.6 Å². The molecule has 3 rings (SSSR count). The summed E-state index contributed by atoms with van der Waals surface area (Å²) >= 11 is 6.39.